The second-order valence-corrected chi connectivity index (χ2v) is 5.82. The van der Waals surface area contributed by atoms with Crippen LogP contribution in [0.15, 0.2) is 28.3 Å². The van der Waals surface area contributed by atoms with Crippen LogP contribution in [0, 0.1) is 9.81 Å². The molecule has 1 rings (SSSR count). The SMILES string of the molecule is O=NC1C(Br)=C(Br)C(N=O)C(Br)=C1Br. The maximum absolute atomic E-state index is 10.5. The minimum Gasteiger partial charge on any atom is -0.150 e. The van der Waals surface area contributed by atoms with Gasteiger partial charge in [0.15, 0.2) is 12.1 Å². The standard InChI is InChI=1S/C6H2Br4N2O2/c7-1-2(8)6(12-14)4(10)3(9)5(1)11-13/h5-6H. The van der Waals surface area contributed by atoms with E-state index in [1.807, 2.05) is 0 Å². The van der Waals surface area contributed by atoms with E-state index >= 15 is 0 Å². The fourth-order valence-electron chi connectivity index (χ4n) is 0.930. The first-order valence-corrected chi connectivity index (χ1v) is 6.46. The second-order valence-electron chi connectivity index (χ2n) is 2.41. The number of rotatable bonds is 2. The van der Waals surface area contributed by atoms with Crippen molar-refractivity contribution >= 4 is 63.7 Å². The number of halogens is 4. The zero-order valence-corrected chi connectivity index (χ0v) is 12.7. The van der Waals surface area contributed by atoms with Crippen molar-refractivity contribution in [2.75, 3.05) is 0 Å². The molecule has 0 atom stereocenters. The van der Waals surface area contributed by atoms with Gasteiger partial charge in [0, 0.05) is 17.9 Å². The highest BCUT2D eigenvalue weighted by Gasteiger charge is 2.34. The lowest BCUT2D eigenvalue weighted by atomic mass is 10.1. The highest BCUT2D eigenvalue weighted by atomic mass is 79.9. The Labute approximate surface area is 113 Å². The van der Waals surface area contributed by atoms with Gasteiger partial charge >= 0.3 is 0 Å². The summed E-state index contributed by atoms with van der Waals surface area (Å²) in [5, 5.41) is 5.83. The third-order valence-electron chi connectivity index (χ3n) is 1.63. The first kappa shape index (κ1) is 12.7. The average molecular weight is 454 g/mol. The number of nitrogens with zero attached hydrogens (tertiary/aromatic N) is 2. The molecule has 1 aliphatic rings. The van der Waals surface area contributed by atoms with Crippen molar-refractivity contribution in [3.63, 3.8) is 0 Å². The number of hydrogen-bond acceptors (Lipinski definition) is 4. The van der Waals surface area contributed by atoms with E-state index in [0.29, 0.717) is 17.9 Å². The van der Waals surface area contributed by atoms with E-state index in [4.69, 9.17) is 0 Å². The van der Waals surface area contributed by atoms with Crippen LogP contribution < -0.4 is 0 Å². The third kappa shape index (κ3) is 2.07. The minimum atomic E-state index is -0.670. The fourth-order valence-corrected chi connectivity index (χ4v) is 3.66. The van der Waals surface area contributed by atoms with Crippen LogP contribution in [0.2, 0.25) is 0 Å². The normalized spacial score (nSPS) is 28.0. The molecule has 0 heterocycles. The molecule has 0 N–H and O–H groups in total. The molecular weight excluding hydrogens is 452 g/mol. The Morgan fingerprint density at radius 2 is 0.929 bits per heavy atom. The largest absolute Gasteiger partial charge is 0.156 e. The lowest BCUT2D eigenvalue weighted by molar-refractivity contribution is 0.880. The van der Waals surface area contributed by atoms with Crippen molar-refractivity contribution in [2.45, 2.75) is 12.1 Å². The molecule has 0 saturated carbocycles. The summed E-state index contributed by atoms with van der Waals surface area (Å²) in [5.74, 6) is 0. The molecule has 0 spiro atoms. The summed E-state index contributed by atoms with van der Waals surface area (Å²) < 4.78 is 2.03. The average Bonchev–Trinajstić information content (AvgIpc) is 2.17. The molecule has 1 aliphatic carbocycles. The van der Waals surface area contributed by atoms with Gasteiger partial charge in [-0.15, -0.1) is 9.81 Å². The van der Waals surface area contributed by atoms with Crippen molar-refractivity contribution in [3.05, 3.63) is 27.7 Å². The quantitative estimate of drug-likeness (QED) is 0.586. The molecule has 8 heteroatoms. The van der Waals surface area contributed by atoms with Crippen LogP contribution in [0.25, 0.3) is 0 Å². The van der Waals surface area contributed by atoms with Crippen molar-refractivity contribution < 1.29 is 0 Å². The van der Waals surface area contributed by atoms with Crippen molar-refractivity contribution in [3.8, 4) is 0 Å². The summed E-state index contributed by atoms with van der Waals surface area (Å²) in [6, 6.07) is -1.34. The van der Waals surface area contributed by atoms with E-state index in [2.05, 4.69) is 74.1 Å². The molecule has 14 heavy (non-hydrogen) atoms. The smallest absolute Gasteiger partial charge is 0.150 e. The van der Waals surface area contributed by atoms with Gasteiger partial charge in [0.2, 0.25) is 0 Å². The first-order chi connectivity index (χ1) is 6.54. The van der Waals surface area contributed by atoms with Gasteiger partial charge in [0.25, 0.3) is 0 Å². The minimum absolute atomic E-state index is 0.507. The topological polar surface area (TPSA) is 58.9 Å². The van der Waals surface area contributed by atoms with E-state index in [0.717, 1.165) is 0 Å². The molecule has 0 aliphatic heterocycles. The first-order valence-electron chi connectivity index (χ1n) is 3.29. The molecule has 4 nitrogen and oxygen atoms in total. The summed E-state index contributed by atoms with van der Waals surface area (Å²) in [5.41, 5.74) is 0. The summed E-state index contributed by atoms with van der Waals surface area (Å²) >= 11 is 12.7. The van der Waals surface area contributed by atoms with Crippen LogP contribution in [0.5, 0.6) is 0 Å². The predicted molar refractivity (Wildman–Crippen MR) is 68.9 cm³/mol. The molecule has 0 saturated heterocycles. The summed E-state index contributed by atoms with van der Waals surface area (Å²) in [4.78, 5) is 21.1. The molecule has 0 amide bonds. The van der Waals surface area contributed by atoms with Gasteiger partial charge < -0.3 is 0 Å². The van der Waals surface area contributed by atoms with Gasteiger partial charge in [-0.3, -0.25) is 0 Å². The molecule has 0 fully saturated rings. The van der Waals surface area contributed by atoms with E-state index < -0.39 is 12.1 Å². The highest BCUT2D eigenvalue weighted by molar-refractivity contribution is 9.15. The Bertz CT molecular complexity index is 294. The predicted octanol–water partition coefficient (Wildman–Crippen LogP) is 4.27. The van der Waals surface area contributed by atoms with Gasteiger partial charge in [-0.05, 0) is 0 Å². The number of hydrogen-bond donors (Lipinski definition) is 0. The third-order valence-corrected chi connectivity index (χ3v) is 6.13. The van der Waals surface area contributed by atoms with E-state index in [-0.39, 0.29) is 0 Å². The van der Waals surface area contributed by atoms with Crippen LogP contribution in [0.3, 0.4) is 0 Å². The zero-order chi connectivity index (χ0) is 10.9. The van der Waals surface area contributed by atoms with Crippen LogP contribution in [-0.2, 0) is 0 Å². The number of nitroso groups, excluding NO2 is 2. The molecular formula is C6H2Br4N2O2. The highest BCUT2D eigenvalue weighted by Crippen LogP contribution is 2.44. The lowest BCUT2D eigenvalue weighted by Gasteiger charge is -2.21. The summed E-state index contributed by atoms with van der Waals surface area (Å²) in [6.07, 6.45) is 0. The van der Waals surface area contributed by atoms with E-state index in [1.165, 1.54) is 0 Å². The van der Waals surface area contributed by atoms with E-state index in [1.54, 1.807) is 0 Å². The Kier molecular flexibility index (Phi) is 4.60. The molecule has 0 aromatic carbocycles. The van der Waals surface area contributed by atoms with Gasteiger partial charge in [0.1, 0.15) is 0 Å². The summed E-state index contributed by atoms with van der Waals surface area (Å²) in [7, 11) is 0. The maximum Gasteiger partial charge on any atom is 0.156 e. The van der Waals surface area contributed by atoms with Crippen molar-refractivity contribution in [1.29, 1.82) is 0 Å². The molecule has 0 radical (unpaired) electrons. The van der Waals surface area contributed by atoms with Gasteiger partial charge in [-0.25, -0.2) is 0 Å². The Hall–Kier alpha value is 0.600. The van der Waals surface area contributed by atoms with E-state index in [9.17, 15) is 9.81 Å². The van der Waals surface area contributed by atoms with Gasteiger partial charge in [0.05, 0.1) is 0 Å². The van der Waals surface area contributed by atoms with Crippen molar-refractivity contribution in [1.82, 2.24) is 0 Å². The van der Waals surface area contributed by atoms with Crippen LogP contribution in [-0.4, -0.2) is 12.1 Å². The lowest BCUT2D eigenvalue weighted by Crippen LogP contribution is -2.19. The molecule has 76 valence electrons. The fraction of sp³-hybridized carbons (Fsp3) is 0.333. The van der Waals surface area contributed by atoms with Gasteiger partial charge in [-0.1, -0.05) is 74.1 Å². The Morgan fingerprint density at radius 1 is 0.714 bits per heavy atom. The zero-order valence-electron chi connectivity index (χ0n) is 6.38. The maximum atomic E-state index is 10.5. The van der Waals surface area contributed by atoms with Crippen LogP contribution >= 0.6 is 63.7 Å². The second kappa shape index (κ2) is 5.09. The van der Waals surface area contributed by atoms with Crippen LogP contribution in [0.4, 0.5) is 0 Å². The molecule has 0 aromatic heterocycles. The Morgan fingerprint density at radius 3 is 1.07 bits per heavy atom. The molecule has 0 unspecified atom stereocenters. The Balaban J connectivity index is 3.27. The van der Waals surface area contributed by atoms with Crippen molar-refractivity contribution in [2.24, 2.45) is 10.4 Å². The molecule has 0 bridgehead atoms. The molecule has 0 aromatic rings. The van der Waals surface area contributed by atoms with Crippen LogP contribution in [0.1, 0.15) is 0 Å². The van der Waals surface area contributed by atoms with Gasteiger partial charge in [-0.2, -0.15) is 0 Å². The monoisotopic (exact) mass is 450 g/mol. The summed E-state index contributed by atoms with van der Waals surface area (Å²) in [6.45, 7) is 0.